The summed E-state index contributed by atoms with van der Waals surface area (Å²) < 4.78 is 29.4. The standard InChI is InChI=1S/C15H14N4O4S/c1-18-9-12(14(20)19(2)15(18)21)24(22,23)17-11-7-3-5-10-6-4-8-16-13(10)11/h3-9,17H,1-2H3. The molecule has 3 aromatic rings. The van der Waals surface area contributed by atoms with Gasteiger partial charge in [-0.25, -0.2) is 13.2 Å². The van der Waals surface area contributed by atoms with Gasteiger partial charge in [-0.15, -0.1) is 0 Å². The van der Waals surface area contributed by atoms with Crippen LogP contribution < -0.4 is 16.0 Å². The first kappa shape index (κ1) is 15.9. The Bertz CT molecular complexity index is 1160. The van der Waals surface area contributed by atoms with Gasteiger partial charge in [0, 0.05) is 31.9 Å². The van der Waals surface area contributed by atoms with Gasteiger partial charge >= 0.3 is 5.69 Å². The number of hydrogen-bond acceptors (Lipinski definition) is 5. The fraction of sp³-hybridized carbons (Fsp3) is 0.133. The van der Waals surface area contributed by atoms with Gasteiger partial charge < -0.3 is 4.57 Å². The number of anilines is 1. The number of aryl methyl sites for hydroxylation is 1. The van der Waals surface area contributed by atoms with Crippen molar-refractivity contribution in [2.45, 2.75) is 4.90 Å². The molecule has 124 valence electrons. The number of hydrogen-bond donors (Lipinski definition) is 1. The Hall–Kier alpha value is -2.94. The second kappa shape index (κ2) is 5.60. The number of rotatable bonds is 3. The van der Waals surface area contributed by atoms with Crippen LogP contribution in [0.3, 0.4) is 0 Å². The van der Waals surface area contributed by atoms with Crippen LogP contribution in [-0.2, 0) is 24.1 Å². The molecule has 24 heavy (non-hydrogen) atoms. The van der Waals surface area contributed by atoms with Crippen molar-refractivity contribution in [1.29, 1.82) is 0 Å². The number of pyridine rings is 1. The molecular formula is C15H14N4O4S. The molecule has 0 saturated heterocycles. The van der Waals surface area contributed by atoms with E-state index in [-0.39, 0.29) is 5.69 Å². The SMILES string of the molecule is Cn1cc(S(=O)(=O)Nc2cccc3cccnc23)c(=O)n(C)c1=O. The summed E-state index contributed by atoms with van der Waals surface area (Å²) in [4.78, 5) is 27.5. The molecular weight excluding hydrogens is 332 g/mol. The van der Waals surface area contributed by atoms with Crippen molar-refractivity contribution in [3.63, 3.8) is 0 Å². The summed E-state index contributed by atoms with van der Waals surface area (Å²) in [5, 5.41) is 0.756. The van der Waals surface area contributed by atoms with Crippen LogP contribution in [-0.4, -0.2) is 22.5 Å². The third kappa shape index (κ3) is 2.58. The second-order valence-electron chi connectivity index (χ2n) is 5.24. The highest BCUT2D eigenvalue weighted by molar-refractivity contribution is 7.92. The Morgan fingerprint density at radius 3 is 2.54 bits per heavy atom. The van der Waals surface area contributed by atoms with E-state index in [0.717, 1.165) is 20.7 Å². The van der Waals surface area contributed by atoms with Gasteiger partial charge in [0.1, 0.15) is 0 Å². The summed E-state index contributed by atoms with van der Waals surface area (Å²) in [6.45, 7) is 0. The van der Waals surface area contributed by atoms with Crippen LogP contribution in [0.1, 0.15) is 0 Å². The molecule has 0 radical (unpaired) electrons. The van der Waals surface area contributed by atoms with Crippen molar-refractivity contribution in [1.82, 2.24) is 14.1 Å². The third-order valence-electron chi connectivity index (χ3n) is 3.58. The number of nitrogens with one attached hydrogen (secondary N) is 1. The molecule has 0 unspecified atom stereocenters. The highest BCUT2D eigenvalue weighted by atomic mass is 32.2. The van der Waals surface area contributed by atoms with Crippen LogP contribution in [0.25, 0.3) is 10.9 Å². The van der Waals surface area contributed by atoms with Gasteiger partial charge in [0.15, 0.2) is 4.90 Å². The molecule has 0 amide bonds. The van der Waals surface area contributed by atoms with Gasteiger partial charge in [-0.2, -0.15) is 0 Å². The maximum atomic E-state index is 12.6. The molecule has 0 spiro atoms. The van der Waals surface area contributed by atoms with Gasteiger partial charge in [-0.1, -0.05) is 18.2 Å². The van der Waals surface area contributed by atoms with Gasteiger partial charge in [0.2, 0.25) is 0 Å². The number of sulfonamides is 1. The summed E-state index contributed by atoms with van der Waals surface area (Å²) in [6.07, 6.45) is 2.55. The van der Waals surface area contributed by atoms with Crippen molar-refractivity contribution in [2.24, 2.45) is 14.1 Å². The molecule has 2 aromatic heterocycles. The van der Waals surface area contributed by atoms with Crippen molar-refractivity contribution in [3.8, 4) is 0 Å². The van der Waals surface area contributed by atoms with E-state index >= 15 is 0 Å². The quantitative estimate of drug-likeness (QED) is 0.741. The van der Waals surface area contributed by atoms with Crippen LogP contribution >= 0.6 is 0 Å². The summed E-state index contributed by atoms with van der Waals surface area (Å²) in [7, 11) is -1.58. The van der Waals surface area contributed by atoms with Crippen LogP contribution in [0.5, 0.6) is 0 Å². The van der Waals surface area contributed by atoms with Gasteiger partial charge in [-0.05, 0) is 12.1 Å². The molecule has 1 N–H and O–H groups in total. The second-order valence-corrected chi connectivity index (χ2v) is 6.89. The summed E-state index contributed by atoms with van der Waals surface area (Å²) in [5.41, 5.74) is -0.779. The fourth-order valence-electron chi connectivity index (χ4n) is 2.35. The highest BCUT2D eigenvalue weighted by Crippen LogP contribution is 2.22. The first-order valence-electron chi connectivity index (χ1n) is 6.94. The van der Waals surface area contributed by atoms with Crippen molar-refractivity contribution in [3.05, 3.63) is 63.6 Å². The fourth-order valence-corrected chi connectivity index (χ4v) is 3.57. The molecule has 0 aliphatic heterocycles. The number of para-hydroxylation sites is 1. The molecule has 9 heteroatoms. The van der Waals surface area contributed by atoms with E-state index in [1.165, 1.54) is 14.1 Å². The smallest absolute Gasteiger partial charge is 0.302 e. The monoisotopic (exact) mass is 346 g/mol. The van der Waals surface area contributed by atoms with Crippen LogP contribution in [0, 0.1) is 0 Å². The first-order valence-corrected chi connectivity index (χ1v) is 8.43. The van der Waals surface area contributed by atoms with Crippen molar-refractivity contribution >= 4 is 26.6 Å². The Kier molecular flexibility index (Phi) is 3.72. The average molecular weight is 346 g/mol. The summed E-state index contributed by atoms with van der Waals surface area (Å²) in [6, 6.07) is 8.57. The minimum Gasteiger partial charge on any atom is -0.302 e. The first-order chi connectivity index (χ1) is 11.3. The molecule has 0 bridgehead atoms. The average Bonchev–Trinajstić information content (AvgIpc) is 2.56. The molecule has 0 atom stereocenters. The number of nitrogens with zero attached hydrogens (tertiary/aromatic N) is 3. The zero-order valence-corrected chi connectivity index (χ0v) is 13.7. The summed E-state index contributed by atoms with van der Waals surface area (Å²) in [5.74, 6) is 0. The molecule has 8 nitrogen and oxygen atoms in total. The lowest BCUT2D eigenvalue weighted by atomic mass is 10.2. The predicted molar refractivity (Wildman–Crippen MR) is 89.5 cm³/mol. The van der Waals surface area contributed by atoms with E-state index in [1.807, 2.05) is 0 Å². The topological polar surface area (TPSA) is 103 Å². The van der Waals surface area contributed by atoms with Gasteiger partial charge in [-0.3, -0.25) is 19.1 Å². The molecule has 0 fully saturated rings. The Morgan fingerprint density at radius 2 is 1.79 bits per heavy atom. The predicted octanol–water partition coefficient (Wildman–Crippen LogP) is 0.433. The lowest BCUT2D eigenvalue weighted by Crippen LogP contribution is -2.40. The van der Waals surface area contributed by atoms with Crippen LogP contribution in [0.4, 0.5) is 5.69 Å². The summed E-state index contributed by atoms with van der Waals surface area (Å²) >= 11 is 0. The lowest BCUT2D eigenvalue weighted by Gasteiger charge is -2.11. The van der Waals surface area contributed by atoms with Crippen LogP contribution in [0.15, 0.2) is 57.2 Å². The van der Waals surface area contributed by atoms with E-state index in [2.05, 4.69) is 9.71 Å². The van der Waals surface area contributed by atoms with Crippen molar-refractivity contribution in [2.75, 3.05) is 4.72 Å². The molecule has 1 aromatic carbocycles. The minimum absolute atomic E-state index is 0.254. The number of aromatic nitrogens is 3. The lowest BCUT2D eigenvalue weighted by molar-refractivity contribution is 0.589. The third-order valence-corrected chi connectivity index (χ3v) is 4.93. The van der Waals surface area contributed by atoms with E-state index in [4.69, 9.17) is 0 Å². The van der Waals surface area contributed by atoms with E-state index in [9.17, 15) is 18.0 Å². The largest absolute Gasteiger partial charge is 0.330 e. The Balaban J connectivity index is 2.16. The van der Waals surface area contributed by atoms with Gasteiger partial charge in [0.05, 0.1) is 11.2 Å². The highest BCUT2D eigenvalue weighted by Gasteiger charge is 2.22. The maximum Gasteiger partial charge on any atom is 0.330 e. The molecule has 2 heterocycles. The van der Waals surface area contributed by atoms with Crippen molar-refractivity contribution < 1.29 is 8.42 Å². The molecule has 0 saturated carbocycles. The van der Waals surface area contributed by atoms with E-state index < -0.39 is 26.2 Å². The Labute approximate surface area is 137 Å². The van der Waals surface area contributed by atoms with E-state index in [0.29, 0.717) is 5.52 Å². The van der Waals surface area contributed by atoms with Gasteiger partial charge in [0.25, 0.3) is 15.6 Å². The van der Waals surface area contributed by atoms with E-state index in [1.54, 1.807) is 36.5 Å². The van der Waals surface area contributed by atoms with Crippen LogP contribution in [0.2, 0.25) is 0 Å². The minimum atomic E-state index is -4.18. The normalized spacial score (nSPS) is 11.6. The Morgan fingerprint density at radius 1 is 1.08 bits per heavy atom. The molecule has 3 rings (SSSR count). The molecule has 0 aliphatic rings. The molecule has 0 aliphatic carbocycles. The maximum absolute atomic E-state index is 12.6. The number of benzene rings is 1. The zero-order valence-electron chi connectivity index (χ0n) is 12.9. The number of fused-ring (bicyclic) bond motifs is 1. The zero-order chi connectivity index (χ0) is 17.5.